The minimum absolute atomic E-state index is 0.184. The monoisotopic (exact) mass is 236 g/mol. The number of nitro benzene ring substituents is 1. The van der Waals surface area contributed by atoms with Crippen LogP contribution >= 0.6 is 0 Å². The number of rotatable bonds is 3. The first kappa shape index (κ1) is 11.6. The van der Waals surface area contributed by atoms with Gasteiger partial charge >= 0.3 is 0 Å². The van der Waals surface area contributed by atoms with E-state index in [4.69, 9.17) is 0 Å². The number of nitro groups is 1. The van der Waals surface area contributed by atoms with Crippen molar-refractivity contribution in [1.29, 1.82) is 0 Å². The Bertz CT molecular complexity index is 460. The highest BCUT2D eigenvalue weighted by Gasteiger charge is 2.18. The van der Waals surface area contributed by atoms with E-state index in [-0.39, 0.29) is 11.7 Å². The molecule has 0 aromatic heterocycles. The largest absolute Gasteiger partial charge is 0.376 e. The van der Waals surface area contributed by atoms with Crippen molar-refractivity contribution in [2.24, 2.45) is 0 Å². The standard InChI is InChI=1S/C12H13FN2O2/c13-9-6-7-11(12(8-9)15(16)17)14-10-4-2-1-3-5-10/h1-2,6-8,10,14H,3-5H2. The van der Waals surface area contributed by atoms with Gasteiger partial charge in [0.1, 0.15) is 11.5 Å². The van der Waals surface area contributed by atoms with Crippen LogP contribution in [0.2, 0.25) is 0 Å². The van der Waals surface area contributed by atoms with E-state index in [9.17, 15) is 14.5 Å². The van der Waals surface area contributed by atoms with Crippen LogP contribution in [-0.2, 0) is 0 Å². The molecule has 0 aliphatic heterocycles. The van der Waals surface area contributed by atoms with Crippen LogP contribution in [0.25, 0.3) is 0 Å². The van der Waals surface area contributed by atoms with Gasteiger partial charge in [-0.05, 0) is 31.4 Å². The number of hydrogen-bond acceptors (Lipinski definition) is 3. The highest BCUT2D eigenvalue weighted by atomic mass is 19.1. The minimum Gasteiger partial charge on any atom is -0.376 e. The van der Waals surface area contributed by atoms with Gasteiger partial charge in [-0.25, -0.2) is 4.39 Å². The molecular weight excluding hydrogens is 223 g/mol. The summed E-state index contributed by atoms with van der Waals surface area (Å²) in [5.41, 5.74) is 0.177. The fourth-order valence-corrected chi connectivity index (χ4v) is 1.92. The molecule has 17 heavy (non-hydrogen) atoms. The van der Waals surface area contributed by atoms with Crippen LogP contribution in [-0.4, -0.2) is 11.0 Å². The lowest BCUT2D eigenvalue weighted by atomic mass is 10.0. The molecule has 0 saturated carbocycles. The SMILES string of the molecule is O=[N+]([O-])c1cc(F)ccc1NC1CC=CCC1. The zero-order valence-corrected chi connectivity index (χ0v) is 9.23. The Labute approximate surface area is 98.3 Å². The van der Waals surface area contributed by atoms with Gasteiger partial charge in [-0.3, -0.25) is 10.1 Å². The predicted octanol–water partition coefficient (Wildman–Crippen LogP) is 3.25. The molecule has 2 rings (SSSR count). The van der Waals surface area contributed by atoms with E-state index in [0.29, 0.717) is 5.69 Å². The van der Waals surface area contributed by atoms with Crippen molar-refractivity contribution in [3.63, 3.8) is 0 Å². The molecule has 0 fully saturated rings. The fourth-order valence-electron chi connectivity index (χ4n) is 1.92. The van der Waals surface area contributed by atoms with Gasteiger partial charge in [-0.15, -0.1) is 0 Å². The molecule has 1 aliphatic rings. The molecule has 1 atom stereocenters. The lowest BCUT2D eigenvalue weighted by Gasteiger charge is -2.20. The summed E-state index contributed by atoms with van der Waals surface area (Å²) in [6.45, 7) is 0. The summed E-state index contributed by atoms with van der Waals surface area (Å²) in [7, 11) is 0. The molecule has 1 N–H and O–H groups in total. The van der Waals surface area contributed by atoms with Gasteiger partial charge in [-0.2, -0.15) is 0 Å². The molecule has 0 saturated heterocycles. The van der Waals surface area contributed by atoms with Gasteiger partial charge in [0.2, 0.25) is 0 Å². The number of anilines is 1. The maximum Gasteiger partial charge on any atom is 0.295 e. The van der Waals surface area contributed by atoms with Gasteiger partial charge in [0, 0.05) is 6.04 Å². The first-order valence-corrected chi connectivity index (χ1v) is 5.52. The molecule has 4 nitrogen and oxygen atoms in total. The number of allylic oxidation sites excluding steroid dienone is 1. The smallest absolute Gasteiger partial charge is 0.295 e. The zero-order valence-electron chi connectivity index (χ0n) is 9.23. The molecular formula is C12H13FN2O2. The topological polar surface area (TPSA) is 55.2 Å². The summed E-state index contributed by atoms with van der Waals surface area (Å²) in [5, 5.41) is 13.9. The lowest BCUT2D eigenvalue weighted by molar-refractivity contribution is -0.384. The Morgan fingerprint density at radius 2 is 2.24 bits per heavy atom. The van der Waals surface area contributed by atoms with Crippen LogP contribution in [0.1, 0.15) is 19.3 Å². The molecule has 5 heteroatoms. The molecule has 1 unspecified atom stereocenters. The third kappa shape index (κ3) is 2.81. The fraction of sp³-hybridized carbons (Fsp3) is 0.333. The van der Waals surface area contributed by atoms with Crippen molar-refractivity contribution in [2.45, 2.75) is 25.3 Å². The molecule has 0 heterocycles. The predicted molar refractivity (Wildman–Crippen MR) is 63.5 cm³/mol. The number of benzene rings is 1. The highest BCUT2D eigenvalue weighted by Crippen LogP contribution is 2.27. The molecule has 0 bridgehead atoms. The summed E-state index contributed by atoms with van der Waals surface area (Å²) in [5.74, 6) is -0.592. The van der Waals surface area contributed by atoms with E-state index in [1.54, 1.807) is 0 Å². The van der Waals surface area contributed by atoms with Crippen LogP contribution in [0.4, 0.5) is 15.8 Å². The first-order valence-electron chi connectivity index (χ1n) is 5.52. The number of halogens is 1. The average molecular weight is 236 g/mol. The van der Waals surface area contributed by atoms with Crippen molar-refractivity contribution in [3.05, 3.63) is 46.3 Å². The number of hydrogen-bond donors (Lipinski definition) is 1. The van der Waals surface area contributed by atoms with E-state index >= 15 is 0 Å². The Morgan fingerprint density at radius 1 is 1.41 bits per heavy atom. The van der Waals surface area contributed by atoms with Crippen molar-refractivity contribution in [2.75, 3.05) is 5.32 Å². The summed E-state index contributed by atoms with van der Waals surface area (Å²) >= 11 is 0. The van der Waals surface area contributed by atoms with Gasteiger partial charge in [0.15, 0.2) is 0 Å². The average Bonchev–Trinajstić information content (AvgIpc) is 2.32. The Hall–Kier alpha value is -1.91. The Balaban J connectivity index is 2.19. The van der Waals surface area contributed by atoms with Crippen molar-refractivity contribution < 1.29 is 9.31 Å². The second-order valence-electron chi connectivity index (χ2n) is 4.04. The van der Waals surface area contributed by atoms with Gasteiger partial charge in [0.05, 0.1) is 11.0 Å². The van der Waals surface area contributed by atoms with E-state index in [1.165, 1.54) is 12.1 Å². The molecule has 90 valence electrons. The Morgan fingerprint density at radius 3 is 2.88 bits per heavy atom. The summed E-state index contributed by atoms with van der Waals surface area (Å²) in [4.78, 5) is 10.2. The maximum atomic E-state index is 12.9. The van der Waals surface area contributed by atoms with Gasteiger partial charge in [0.25, 0.3) is 5.69 Å². The zero-order chi connectivity index (χ0) is 12.3. The summed E-state index contributed by atoms with van der Waals surface area (Å²) in [6, 6.07) is 3.78. The first-order chi connectivity index (χ1) is 8.16. The summed E-state index contributed by atoms with van der Waals surface area (Å²) < 4.78 is 12.9. The molecule has 1 aliphatic carbocycles. The highest BCUT2D eigenvalue weighted by molar-refractivity contribution is 5.61. The second kappa shape index (κ2) is 4.95. The van der Waals surface area contributed by atoms with E-state index in [0.717, 1.165) is 25.3 Å². The third-order valence-corrected chi connectivity index (χ3v) is 2.79. The van der Waals surface area contributed by atoms with E-state index in [1.807, 2.05) is 0 Å². The second-order valence-corrected chi connectivity index (χ2v) is 4.04. The maximum absolute atomic E-state index is 12.9. The van der Waals surface area contributed by atoms with Gasteiger partial charge < -0.3 is 5.32 Å². The normalized spacial score (nSPS) is 19.0. The van der Waals surface area contributed by atoms with Crippen molar-refractivity contribution >= 4 is 11.4 Å². The third-order valence-electron chi connectivity index (χ3n) is 2.79. The summed E-state index contributed by atoms with van der Waals surface area (Å²) in [6.07, 6.45) is 6.89. The molecule has 0 radical (unpaired) electrons. The van der Waals surface area contributed by atoms with Crippen LogP contribution < -0.4 is 5.32 Å². The van der Waals surface area contributed by atoms with E-state index < -0.39 is 10.7 Å². The van der Waals surface area contributed by atoms with Crippen molar-refractivity contribution in [3.8, 4) is 0 Å². The van der Waals surface area contributed by atoms with Crippen LogP contribution in [0.15, 0.2) is 30.4 Å². The van der Waals surface area contributed by atoms with Gasteiger partial charge in [-0.1, -0.05) is 12.2 Å². The lowest BCUT2D eigenvalue weighted by Crippen LogP contribution is -2.20. The number of nitrogens with one attached hydrogen (secondary N) is 1. The Kier molecular flexibility index (Phi) is 3.37. The molecule has 1 aromatic rings. The minimum atomic E-state index is -0.592. The van der Waals surface area contributed by atoms with Crippen molar-refractivity contribution in [1.82, 2.24) is 0 Å². The van der Waals surface area contributed by atoms with Crippen LogP contribution in [0, 0.1) is 15.9 Å². The van der Waals surface area contributed by atoms with Crippen LogP contribution in [0.3, 0.4) is 0 Å². The molecule has 0 spiro atoms. The number of nitrogens with zero attached hydrogens (tertiary/aromatic N) is 1. The molecule has 0 amide bonds. The van der Waals surface area contributed by atoms with Crippen LogP contribution in [0.5, 0.6) is 0 Å². The van der Waals surface area contributed by atoms with E-state index in [2.05, 4.69) is 17.5 Å². The quantitative estimate of drug-likeness (QED) is 0.498. The molecule has 1 aromatic carbocycles.